The Morgan fingerprint density at radius 2 is 2.07 bits per heavy atom. The molecule has 0 unspecified atom stereocenters. The van der Waals surface area contributed by atoms with Gasteiger partial charge in [0.15, 0.2) is 0 Å². The van der Waals surface area contributed by atoms with E-state index in [-0.39, 0.29) is 0 Å². The van der Waals surface area contributed by atoms with Crippen molar-refractivity contribution in [3.63, 3.8) is 0 Å². The largest absolute Gasteiger partial charge is 0.544 e. The first kappa shape index (κ1) is 12.3. The molecule has 1 aliphatic rings. The zero-order chi connectivity index (χ0) is 11.6. The molecular formula is C13H22OSi. The first-order chi connectivity index (χ1) is 6.79. The lowest BCUT2D eigenvalue weighted by atomic mass is 9.91. The van der Waals surface area contributed by atoms with E-state index in [1.54, 1.807) is 0 Å². The van der Waals surface area contributed by atoms with E-state index < -0.39 is 8.32 Å². The quantitative estimate of drug-likeness (QED) is 0.512. The summed E-state index contributed by atoms with van der Waals surface area (Å²) >= 11 is 0. The minimum absolute atomic E-state index is 0.458. The molecular weight excluding hydrogens is 200 g/mol. The van der Waals surface area contributed by atoms with Crippen LogP contribution in [0.1, 0.15) is 20.3 Å². The molecule has 0 heterocycles. The maximum atomic E-state index is 6.06. The van der Waals surface area contributed by atoms with E-state index in [1.807, 2.05) is 0 Å². The summed E-state index contributed by atoms with van der Waals surface area (Å²) < 4.78 is 6.06. The van der Waals surface area contributed by atoms with Gasteiger partial charge in [0.25, 0.3) is 0 Å². The summed E-state index contributed by atoms with van der Waals surface area (Å²) in [5.74, 6) is 1.54. The Kier molecular flexibility index (Phi) is 3.61. The lowest BCUT2D eigenvalue weighted by molar-refractivity contribution is 0.421. The predicted octanol–water partition coefficient (Wildman–Crippen LogP) is 4.26. The molecule has 0 fully saturated rings. The number of hydrogen-bond acceptors (Lipinski definition) is 1. The van der Waals surface area contributed by atoms with Gasteiger partial charge in [-0.3, -0.25) is 0 Å². The van der Waals surface area contributed by atoms with Crippen LogP contribution in [0.5, 0.6) is 0 Å². The average Bonchev–Trinajstić information content (AvgIpc) is 2.06. The molecule has 15 heavy (non-hydrogen) atoms. The summed E-state index contributed by atoms with van der Waals surface area (Å²) in [4.78, 5) is 0. The molecule has 0 aliphatic heterocycles. The average molecular weight is 222 g/mol. The van der Waals surface area contributed by atoms with E-state index in [0.717, 1.165) is 12.2 Å². The van der Waals surface area contributed by atoms with Crippen molar-refractivity contribution in [1.82, 2.24) is 0 Å². The van der Waals surface area contributed by atoms with Crippen LogP contribution in [0.15, 0.2) is 35.6 Å². The smallest absolute Gasteiger partial charge is 0.242 e. The van der Waals surface area contributed by atoms with Gasteiger partial charge in [0.2, 0.25) is 8.32 Å². The predicted molar refractivity (Wildman–Crippen MR) is 69.2 cm³/mol. The molecule has 0 radical (unpaired) electrons. The molecule has 84 valence electrons. The van der Waals surface area contributed by atoms with Crippen LogP contribution in [0, 0.1) is 5.92 Å². The zero-order valence-corrected chi connectivity index (χ0v) is 11.6. The summed E-state index contributed by atoms with van der Waals surface area (Å²) in [6.45, 7) is 14.9. The molecule has 0 saturated heterocycles. The first-order valence-electron chi connectivity index (χ1n) is 5.53. The molecule has 1 aliphatic carbocycles. The first-order valence-corrected chi connectivity index (χ1v) is 8.94. The van der Waals surface area contributed by atoms with Crippen molar-refractivity contribution in [2.24, 2.45) is 5.92 Å². The molecule has 0 saturated carbocycles. The van der Waals surface area contributed by atoms with Crippen molar-refractivity contribution in [1.29, 1.82) is 0 Å². The molecule has 0 aromatic rings. The van der Waals surface area contributed by atoms with Crippen LogP contribution in [0.3, 0.4) is 0 Å². The van der Waals surface area contributed by atoms with Gasteiger partial charge in [-0.05, 0) is 51.6 Å². The Balaban J connectivity index is 2.83. The van der Waals surface area contributed by atoms with E-state index in [2.05, 4.69) is 52.2 Å². The SMILES string of the molecule is C=C(C)[C@@H]1C=C(O[Si](C)(C)C)C(C)=CC1. The lowest BCUT2D eigenvalue weighted by Gasteiger charge is -2.27. The van der Waals surface area contributed by atoms with Crippen LogP contribution < -0.4 is 0 Å². The number of hydrogen-bond donors (Lipinski definition) is 0. The molecule has 0 bridgehead atoms. The Morgan fingerprint density at radius 3 is 2.53 bits per heavy atom. The van der Waals surface area contributed by atoms with Crippen molar-refractivity contribution in [2.45, 2.75) is 39.9 Å². The molecule has 1 atom stereocenters. The van der Waals surface area contributed by atoms with Crippen molar-refractivity contribution < 1.29 is 4.43 Å². The van der Waals surface area contributed by atoms with Crippen molar-refractivity contribution in [3.05, 3.63) is 35.6 Å². The second-order valence-electron chi connectivity index (χ2n) is 5.32. The molecule has 1 rings (SSSR count). The highest BCUT2D eigenvalue weighted by Gasteiger charge is 2.21. The van der Waals surface area contributed by atoms with Crippen LogP contribution in [-0.2, 0) is 4.43 Å². The summed E-state index contributed by atoms with van der Waals surface area (Å²) in [7, 11) is -1.49. The fourth-order valence-corrected chi connectivity index (χ4v) is 2.46. The minimum atomic E-state index is -1.49. The topological polar surface area (TPSA) is 9.23 Å². The summed E-state index contributed by atoms with van der Waals surface area (Å²) in [6.07, 6.45) is 5.56. The van der Waals surface area contributed by atoms with Crippen LogP contribution in [0.4, 0.5) is 0 Å². The fraction of sp³-hybridized carbons (Fsp3) is 0.538. The van der Waals surface area contributed by atoms with E-state index in [9.17, 15) is 0 Å². The molecule has 2 heteroatoms. The lowest BCUT2D eigenvalue weighted by Crippen LogP contribution is -2.26. The van der Waals surface area contributed by atoms with Crippen LogP contribution in [-0.4, -0.2) is 8.32 Å². The third-order valence-corrected chi connectivity index (χ3v) is 3.30. The highest BCUT2D eigenvalue weighted by atomic mass is 28.4. The van der Waals surface area contributed by atoms with Gasteiger partial charge in [0.05, 0.1) is 0 Å². The van der Waals surface area contributed by atoms with Crippen LogP contribution >= 0.6 is 0 Å². The van der Waals surface area contributed by atoms with Gasteiger partial charge in [-0.1, -0.05) is 18.2 Å². The molecule has 0 aromatic heterocycles. The van der Waals surface area contributed by atoms with Crippen molar-refractivity contribution in [2.75, 3.05) is 0 Å². The van der Waals surface area contributed by atoms with Crippen LogP contribution in [0.25, 0.3) is 0 Å². The van der Waals surface area contributed by atoms with E-state index in [0.29, 0.717) is 5.92 Å². The summed E-state index contributed by atoms with van der Waals surface area (Å²) in [6, 6.07) is 0. The molecule has 0 N–H and O–H groups in total. The second-order valence-corrected chi connectivity index (χ2v) is 9.75. The van der Waals surface area contributed by atoms with Gasteiger partial charge in [-0.25, -0.2) is 0 Å². The number of allylic oxidation sites excluding steroid dienone is 4. The Bertz CT molecular complexity index is 318. The van der Waals surface area contributed by atoms with Gasteiger partial charge < -0.3 is 4.43 Å². The van der Waals surface area contributed by atoms with Gasteiger partial charge in [0.1, 0.15) is 5.76 Å². The summed E-state index contributed by atoms with van der Waals surface area (Å²) in [5, 5.41) is 0. The highest BCUT2D eigenvalue weighted by molar-refractivity contribution is 6.70. The fourth-order valence-electron chi connectivity index (χ4n) is 1.57. The normalized spacial score (nSPS) is 21.8. The maximum absolute atomic E-state index is 6.06. The van der Waals surface area contributed by atoms with Crippen LogP contribution in [0.2, 0.25) is 19.6 Å². The Morgan fingerprint density at radius 1 is 1.47 bits per heavy atom. The molecule has 1 nitrogen and oxygen atoms in total. The van der Waals surface area contributed by atoms with E-state index >= 15 is 0 Å². The van der Waals surface area contributed by atoms with E-state index in [4.69, 9.17) is 4.43 Å². The summed E-state index contributed by atoms with van der Waals surface area (Å²) in [5.41, 5.74) is 2.49. The third-order valence-electron chi connectivity index (χ3n) is 2.47. The van der Waals surface area contributed by atoms with Crippen molar-refractivity contribution >= 4 is 8.32 Å². The Labute approximate surface area is 94.7 Å². The maximum Gasteiger partial charge on any atom is 0.242 e. The third kappa shape index (κ3) is 3.71. The molecule has 0 aromatic carbocycles. The van der Waals surface area contributed by atoms with E-state index in [1.165, 1.54) is 11.1 Å². The monoisotopic (exact) mass is 222 g/mol. The number of rotatable bonds is 3. The highest BCUT2D eigenvalue weighted by Crippen LogP contribution is 2.29. The minimum Gasteiger partial charge on any atom is -0.544 e. The van der Waals surface area contributed by atoms with Gasteiger partial charge in [0, 0.05) is 5.92 Å². The van der Waals surface area contributed by atoms with Crippen molar-refractivity contribution in [3.8, 4) is 0 Å². The Hall–Kier alpha value is -0.763. The second kappa shape index (κ2) is 4.39. The van der Waals surface area contributed by atoms with Gasteiger partial charge >= 0.3 is 0 Å². The molecule has 0 amide bonds. The standard InChI is InChI=1S/C13H22OSi/c1-10(2)12-8-7-11(3)13(9-12)14-15(4,5)6/h7,9,12H,1,8H2,2-6H3/t12-/m0/s1. The molecule has 0 spiro atoms. The van der Waals surface area contributed by atoms with Gasteiger partial charge in [-0.2, -0.15) is 0 Å². The zero-order valence-electron chi connectivity index (χ0n) is 10.6. The van der Waals surface area contributed by atoms with Gasteiger partial charge in [-0.15, -0.1) is 0 Å².